The first-order valence-electron chi connectivity index (χ1n) is 0.749. The Balaban J connectivity index is -0.0000000800. The van der Waals surface area contributed by atoms with Gasteiger partial charge >= 0.3 is 45.9 Å². The molecule has 0 aliphatic rings. The van der Waals surface area contributed by atoms with E-state index < -0.39 is 15.6 Å². The number of rotatable bonds is 0. The second-order valence-electron chi connectivity index (χ2n) is 0.309. The summed E-state index contributed by atoms with van der Waals surface area (Å²) in [6.45, 7) is 0. The van der Waals surface area contributed by atoms with E-state index in [1.165, 1.54) is 0 Å². The molecule has 0 saturated carbocycles. The zero-order chi connectivity index (χ0) is 4.28. The molecule has 0 spiro atoms. The van der Waals surface area contributed by atoms with Gasteiger partial charge in [-0.05, 0) is 0 Å². The molecule has 0 unspecified atom stereocenters. The van der Waals surface area contributed by atoms with Crippen molar-refractivity contribution in [3.8, 4) is 0 Å². The second-order valence-corrected chi connectivity index (χ2v) is 15.3. The molecular weight excluding hydrogens is 270 g/mol. The molecule has 0 bridgehead atoms. The molecule has 0 aliphatic carbocycles. The van der Waals surface area contributed by atoms with Gasteiger partial charge in [-0.25, -0.2) is 0 Å². The van der Waals surface area contributed by atoms with Gasteiger partial charge < -0.3 is 11.0 Å². The zero-order valence-electron chi connectivity index (χ0n) is 3.07. The van der Waals surface area contributed by atoms with Crippen molar-refractivity contribution in [3.63, 3.8) is 0 Å². The van der Waals surface area contributed by atoms with Crippen LogP contribution in [0.4, 0.5) is 0 Å². The minimum absolute atomic E-state index is 0. The van der Waals surface area contributed by atoms with Gasteiger partial charge in [0.25, 0.3) is 0 Å². The maximum absolute atomic E-state index is 9.37. The van der Waals surface area contributed by atoms with Gasteiger partial charge in [-0.15, -0.1) is 0 Å². The van der Waals surface area contributed by atoms with Crippen LogP contribution in [0, 0.1) is 0 Å². The first-order valence-corrected chi connectivity index (χ1v) is 12.2. The zero-order valence-corrected chi connectivity index (χ0v) is 8.25. The summed E-state index contributed by atoms with van der Waals surface area (Å²) in [5.74, 6) is 0. The molecular formula is H4Cl2O3SSn. The predicted octanol–water partition coefficient (Wildman–Crippen LogP) is -0.988. The van der Waals surface area contributed by atoms with Gasteiger partial charge in [-0.2, -0.15) is 0 Å². The quantitative estimate of drug-likeness (QED) is 0.522. The monoisotopic (exact) mass is 274 g/mol. The average Bonchev–Trinajstić information content (AvgIpc) is 1.38. The first kappa shape index (κ1) is 15.8. The summed E-state index contributed by atoms with van der Waals surface area (Å²) in [5.41, 5.74) is 0. The second kappa shape index (κ2) is 10.3. The first-order chi connectivity index (χ1) is 2.27. The Morgan fingerprint density at radius 1 is 1.29 bits per heavy atom. The summed E-state index contributed by atoms with van der Waals surface area (Å²) in [7, 11) is 10.5. The third-order valence-electron chi connectivity index (χ3n) is 0.0630. The van der Waals surface area contributed by atoms with Crippen LogP contribution in [0.5, 0.6) is 0 Å². The Labute approximate surface area is 56.6 Å². The number of halogens is 2. The van der Waals surface area contributed by atoms with E-state index in [0.29, 0.717) is 8.33 Å². The molecule has 0 radical (unpaired) electrons. The third-order valence-corrected chi connectivity index (χ3v) is 3.80. The molecule has 7 heavy (non-hydrogen) atoms. The summed E-state index contributed by atoms with van der Waals surface area (Å²) in [4.78, 5) is 0. The minimum atomic E-state index is -2.27. The molecule has 7 heteroatoms. The molecule has 0 amide bonds. The van der Waals surface area contributed by atoms with Crippen LogP contribution < -0.4 is 0 Å². The van der Waals surface area contributed by atoms with Crippen molar-refractivity contribution in [1.29, 1.82) is 0 Å². The van der Waals surface area contributed by atoms with Crippen LogP contribution in [0.2, 0.25) is 0 Å². The SMILES string of the molecule is O.O.O=[S]=[Sn]([Cl])[Cl]. The van der Waals surface area contributed by atoms with Gasteiger partial charge in [0.1, 0.15) is 0 Å². The molecule has 0 aromatic heterocycles. The average molecular weight is 274 g/mol. The fourth-order valence-corrected chi connectivity index (χ4v) is 0. The molecule has 0 fully saturated rings. The molecule has 0 aromatic carbocycles. The van der Waals surface area contributed by atoms with Crippen molar-refractivity contribution >= 4 is 41.7 Å². The van der Waals surface area contributed by atoms with E-state index in [1.54, 1.807) is 0 Å². The Morgan fingerprint density at radius 2 is 1.43 bits per heavy atom. The number of hydrogen-bond acceptors (Lipinski definition) is 1. The summed E-state index contributed by atoms with van der Waals surface area (Å²) in [6.07, 6.45) is 0. The molecule has 0 saturated heterocycles. The van der Waals surface area contributed by atoms with Crippen molar-refractivity contribution in [1.82, 2.24) is 0 Å². The van der Waals surface area contributed by atoms with Crippen molar-refractivity contribution in [2.45, 2.75) is 0 Å². The predicted molar refractivity (Wildman–Crippen MR) is 32.8 cm³/mol. The van der Waals surface area contributed by atoms with Gasteiger partial charge in [0.2, 0.25) is 0 Å². The fourth-order valence-electron chi connectivity index (χ4n) is 0. The van der Waals surface area contributed by atoms with Crippen LogP contribution in [0.3, 0.4) is 0 Å². The molecule has 0 atom stereocenters. The maximum atomic E-state index is 9.37. The van der Waals surface area contributed by atoms with Gasteiger partial charge in [-0.3, -0.25) is 0 Å². The molecule has 0 rings (SSSR count). The Hall–Kier alpha value is 1.32. The van der Waals surface area contributed by atoms with Gasteiger partial charge in [0.05, 0.1) is 0 Å². The van der Waals surface area contributed by atoms with Crippen molar-refractivity contribution < 1.29 is 15.2 Å². The molecule has 46 valence electrons. The van der Waals surface area contributed by atoms with Crippen LogP contribution in [0.1, 0.15) is 0 Å². The van der Waals surface area contributed by atoms with Gasteiger partial charge in [-0.1, -0.05) is 0 Å². The molecule has 0 heterocycles. The van der Waals surface area contributed by atoms with Crippen LogP contribution in [0.25, 0.3) is 0 Å². The van der Waals surface area contributed by atoms with E-state index in [9.17, 15) is 4.21 Å². The van der Waals surface area contributed by atoms with Crippen molar-refractivity contribution in [3.05, 3.63) is 0 Å². The van der Waals surface area contributed by atoms with Crippen LogP contribution >= 0.6 is 17.8 Å². The normalized spacial score (nSPS) is 4.86. The standard InChI is InChI=1S/2ClH.OS.2H2O.Sn/c;;1-2;;;/h2*1H;;2*1H2;/q;;;;;+2/p-2. The van der Waals surface area contributed by atoms with Crippen LogP contribution in [-0.2, 0) is 8.33 Å². The Kier molecular flexibility index (Phi) is 23.2. The fraction of sp³-hybridized carbons (Fsp3) is 0. The van der Waals surface area contributed by atoms with Crippen LogP contribution in [-0.4, -0.2) is 30.7 Å². The van der Waals surface area contributed by atoms with Crippen molar-refractivity contribution in [2.75, 3.05) is 0 Å². The Morgan fingerprint density at radius 3 is 1.43 bits per heavy atom. The summed E-state index contributed by atoms with van der Waals surface area (Å²) in [6, 6.07) is 0. The van der Waals surface area contributed by atoms with Crippen molar-refractivity contribution in [2.24, 2.45) is 0 Å². The molecule has 3 nitrogen and oxygen atoms in total. The summed E-state index contributed by atoms with van der Waals surface area (Å²) < 4.78 is 9.37. The van der Waals surface area contributed by atoms with Gasteiger partial charge in [0, 0.05) is 0 Å². The molecule has 0 aliphatic heterocycles. The van der Waals surface area contributed by atoms with E-state index in [0.717, 1.165) is 0 Å². The van der Waals surface area contributed by atoms with E-state index in [-0.39, 0.29) is 11.0 Å². The molecule has 0 aromatic rings. The van der Waals surface area contributed by atoms with E-state index in [1.807, 2.05) is 0 Å². The third kappa shape index (κ3) is 18.8. The van der Waals surface area contributed by atoms with E-state index in [4.69, 9.17) is 17.8 Å². The van der Waals surface area contributed by atoms with Gasteiger partial charge in [0.15, 0.2) is 0 Å². The van der Waals surface area contributed by atoms with E-state index in [2.05, 4.69) is 0 Å². The van der Waals surface area contributed by atoms with E-state index >= 15 is 0 Å². The Bertz CT molecular complexity index is 73.0. The summed E-state index contributed by atoms with van der Waals surface area (Å²) >= 11 is -2.27. The summed E-state index contributed by atoms with van der Waals surface area (Å²) in [5, 5.41) is 0. The molecule has 4 N–H and O–H groups in total. The topological polar surface area (TPSA) is 80.1 Å². The van der Waals surface area contributed by atoms with Crippen LogP contribution in [0.15, 0.2) is 0 Å². The number of hydrogen-bond donors (Lipinski definition) is 0.